The minimum absolute atomic E-state index is 0.0166. The molecule has 1 aromatic carbocycles. The van der Waals surface area contributed by atoms with E-state index in [1.54, 1.807) is 0 Å². The smallest absolute Gasteiger partial charge is 0.337 e. The molecular weight excluding hydrogens is 430 g/mol. The third-order valence-electron chi connectivity index (χ3n) is 5.35. The Morgan fingerprint density at radius 1 is 1.19 bits per heavy atom. The van der Waals surface area contributed by atoms with Crippen LogP contribution in [0.15, 0.2) is 29.3 Å². The van der Waals surface area contributed by atoms with Crippen LogP contribution < -0.4 is 10.6 Å². The summed E-state index contributed by atoms with van der Waals surface area (Å²) in [6.07, 6.45) is 1.63. The lowest BCUT2D eigenvalue weighted by atomic mass is 10.0. The van der Waals surface area contributed by atoms with Crippen molar-refractivity contribution >= 4 is 41.1 Å². The molecule has 1 aromatic heterocycles. The van der Waals surface area contributed by atoms with Crippen molar-refractivity contribution in [3.05, 3.63) is 46.5 Å². The minimum atomic E-state index is -0.790. The number of carbonyl (C=O) groups is 3. The number of pyridine rings is 1. The zero-order valence-electron chi connectivity index (χ0n) is 17.0. The highest BCUT2D eigenvalue weighted by Crippen LogP contribution is 2.46. The SMILES string of the molecule is COC(=O)c1ccc(N2C(=O)C[C@H](Sc3nc(N)c(C#N)c(C4CC4)c3C#N)C2=O)cc1. The van der Waals surface area contributed by atoms with Crippen molar-refractivity contribution in [1.82, 2.24) is 4.98 Å². The Hall–Kier alpha value is -3.89. The van der Waals surface area contributed by atoms with Gasteiger partial charge in [0.15, 0.2) is 0 Å². The Bertz CT molecular complexity index is 1220. The van der Waals surface area contributed by atoms with E-state index in [2.05, 4.69) is 15.8 Å². The Balaban J connectivity index is 1.63. The molecule has 9 nitrogen and oxygen atoms in total. The van der Waals surface area contributed by atoms with Crippen molar-refractivity contribution in [2.45, 2.75) is 35.5 Å². The topological polar surface area (TPSA) is 150 Å². The van der Waals surface area contributed by atoms with Crippen molar-refractivity contribution in [2.75, 3.05) is 17.7 Å². The average Bonchev–Trinajstić information content (AvgIpc) is 3.59. The fourth-order valence-electron chi connectivity index (χ4n) is 3.66. The quantitative estimate of drug-likeness (QED) is 0.538. The van der Waals surface area contributed by atoms with Crippen molar-refractivity contribution in [1.29, 1.82) is 10.5 Å². The molecule has 1 saturated heterocycles. The van der Waals surface area contributed by atoms with E-state index in [-0.39, 0.29) is 34.3 Å². The molecule has 160 valence electrons. The molecule has 1 aliphatic heterocycles. The van der Waals surface area contributed by atoms with Crippen LogP contribution in [0.3, 0.4) is 0 Å². The summed E-state index contributed by atoms with van der Waals surface area (Å²) in [7, 11) is 1.26. The minimum Gasteiger partial charge on any atom is -0.465 e. The van der Waals surface area contributed by atoms with Crippen molar-refractivity contribution < 1.29 is 19.1 Å². The number of nitrogens with zero attached hydrogens (tertiary/aromatic N) is 4. The van der Waals surface area contributed by atoms with Crippen molar-refractivity contribution in [2.24, 2.45) is 0 Å². The van der Waals surface area contributed by atoms with Crippen LogP contribution >= 0.6 is 11.8 Å². The molecule has 2 aliphatic rings. The summed E-state index contributed by atoms with van der Waals surface area (Å²) in [5.41, 5.74) is 7.63. The molecule has 1 aliphatic carbocycles. The van der Waals surface area contributed by atoms with E-state index in [1.807, 2.05) is 6.07 Å². The van der Waals surface area contributed by atoms with E-state index >= 15 is 0 Å². The summed E-state index contributed by atoms with van der Waals surface area (Å²) in [5, 5.41) is 18.7. The Kier molecular flexibility index (Phi) is 5.56. The van der Waals surface area contributed by atoms with Crippen LogP contribution in [-0.2, 0) is 14.3 Å². The Morgan fingerprint density at radius 2 is 1.84 bits per heavy atom. The Morgan fingerprint density at radius 3 is 2.41 bits per heavy atom. The molecule has 2 heterocycles. The lowest BCUT2D eigenvalue weighted by Crippen LogP contribution is -2.31. The maximum atomic E-state index is 13.0. The molecule has 32 heavy (non-hydrogen) atoms. The fourth-order valence-corrected chi connectivity index (χ4v) is 4.78. The van der Waals surface area contributed by atoms with Gasteiger partial charge in [-0.05, 0) is 48.6 Å². The molecule has 2 N–H and O–H groups in total. The Labute approximate surface area is 187 Å². The standard InChI is InChI=1S/C22H17N5O4S/c1-31-22(30)12-4-6-13(7-5-12)27-17(28)8-16(21(27)29)32-20-15(10-24)18(11-2-3-11)14(9-23)19(25)26-20/h4-7,11,16H,2-3,8H2,1H3,(H2,25,26)/t16-/m0/s1. The third kappa shape index (κ3) is 3.66. The molecule has 2 aromatic rings. The van der Waals surface area contributed by atoms with Crippen LogP contribution in [-0.4, -0.2) is 35.1 Å². The van der Waals surface area contributed by atoms with E-state index in [0.29, 0.717) is 16.8 Å². The van der Waals surface area contributed by atoms with Gasteiger partial charge < -0.3 is 10.5 Å². The molecular formula is C22H17N5O4S. The highest BCUT2D eigenvalue weighted by atomic mass is 32.2. The number of anilines is 2. The van der Waals surface area contributed by atoms with Gasteiger partial charge >= 0.3 is 5.97 Å². The summed E-state index contributed by atoms with van der Waals surface area (Å²) < 4.78 is 4.65. The lowest BCUT2D eigenvalue weighted by Gasteiger charge is -2.16. The van der Waals surface area contributed by atoms with E-state index in [1.165, 1.54) is 31.4 Å². The molecule has 10 heteroatoms. The van der Waals surface area contributed by atoms with E-state index < -0.39 is 23.0 Å². The number of hydrogen-bond donors (Lipinski definition) is 1. The summed E-state index contributed by atoms with van der Waals surface area (Å²) in [5.74, 6) is -1.28. The number of ether oxygens (including phenoxy) is 1. The van der Waals surface area contributed by atoms with Gasteiger partial charge in [0.25, 0.3) is 0 Å². The molecule has 1 saturated carbocycles. The third-order valence-corrected chi connectivity index (χ3v) is 6.52. The first kappa shape index (κ1) is 21.3. The monoisotopic (exact) mass is 447 g/mol. The second-order valence-corrected chi connectivity index (χ2v) is 8.57. The summed E-state index contributed by atoms with van der Waals surface area (Å²) in [4.78, 5) is 42.5. The van der Waals surface area contributed by atoms with Gasteiger partial charge in [0, 0.05) is 6.42 Å². The predicted octanol–water partition coefficient (Wildman–Crippen LogP) is 2.50. The summed E-state index contributed by atoms with van der Waals surface area (Å²) in [6, 6.07) is 10.1. The van der Waals surface area contributed by atoms with Crippen LogP contribution in [0.25, 0.3) is 0 Å². The van der Waals surface area contributed by atoms with Crippen LogP contribution in [0.1, 0.15) is 52.2 Å². The highest BCUT2D eigenvalue weighted by Gasteiger charge is 2.42. The number of carbonyl (C=O) groups excluding carboxylic acids is 3. The lowest BCUT2D eigenvalue weighted by molar-refractivity contribution is -0.121. The number of thioether (sulfide) groups is 1. The van der Waals surface area contributed by atoms with Gasteiger partial charge in [0.2, 0.25) is 11.8 Å². The number of nitrogen functional groups attached to an aromatic ring is 1. The molecule has 0 bridgehead atoms. The predicted molar refractivity (Wildman–Crippen MR) is 115 cm³/mol. The van der Waals surface area contributed by atoms with E-state index in [4.69, 9.17) is 5.73 Å². The summed E-state index contributed by atoms with van der Waals surface area (Å²) in [6.45, 7) is 0. The van der Waals surface area contributed by atoms with Crippen molar-refractivity contribution in [3.63, 3.8) is 0 Å². The maximum Gasteiger partial charge on any atom is 0.337 e. The second-order valence-electron chi connectivity index (χ2n) is 7.38. The summed E-state index contributed by atoms with van der Waals surface area (Å²) >= 11 is 1.01. The zero-order valence-corrected chi connectivity index (χ0v) is 17.8. The molecule has 4 rings (SSSR count). The fraction of sp³-hybridized carbons (Fsp3) is 0.273. The van der Waals surface area contributed by atoms with Crippen LogP contribution in [0.5, 0.6) is 0 Å². The molecule has 0 spiro atoms. The van der Waals surface area contributed by atoms with Gasteiger partial charge in [-0.15, -0.1) is 0 Å². The van der Waals surface area contributed by atoms with Crippen molar-refractivity contribution in [3.8, 4) is 12.1 Å². The first-order valence-electron chi connectivity index (χ1n) is 9.75. The maximum absolute atomic E-state index is 13.0. The van der Waals surface area contributed by atoms with Crippen LogP contribution in [0, 0.1) is 22.7 Å². The molecule has 0 unspecified atom stereocenters. The molecule has 0 radical (unpaired) electrons. The van der Waals surface area contributed by atoms with Gasteiger partial charge in [-0.1, -0.05) is 11.8 Å². The van der Waals surface area contributed by atoms with E-state index in [9.17, 15) is 24.9 Å². The number of aromatic nitrogens is 1. The van der Waals surface area contributed by atoms with Gasteiger partial charge in [-0.2, -0.15) is 10.5 Å². The van der Waals surface area contributed by atoms with Crippen LogP contribution in [0.2, 0.25) is 0 Å². The van der Waals surface area contributed by atoms with Gasteiger partial charge in [-0.25, -0.2) is 14.7 Å². The van der Waals surface area contributed by atoms with Gasteiger partial charge in [0.1, 0.15) is 23.0 Å². The zero-order chi connectivity index (χ0) is 23.0. The van der Waals surface area contributed by atoms with Crippen LogP contribution in [0.4, 0.5) is 11.5 Å². The molecule has 2 amide bonds. The highest BCUT2D eigenvalue weighted by molar-refractivity contribution is 8.00. The number of methoxy groups -OCH3 is 1. The number of amides is 2. The number of benzene rings is 1. The van der Waals surface area contributed by atoms with E-state index in [0.717, 1.165) is 29.5 Å². The number of rotatable bonds is 5. The van der Waals surface area contributed by atoms with Gasteiger partial charge in [0.05, 0.1) is 34.7 Å². The second kappa shape index (κ2) is 8.33. The van der Waals surface area contributed by atoms with Gasteiger partial charge in [-0.3, -0.25) is 9.59 Å². The first-order valence-corrected chi connectivity index (χ1v) is 10.6. The normalized spacial score (nSPS) is 17.7. The number of imide groups is 1. The average molecular weight is 447 g/mol. The number of esters is 1. The molecule has 1 atom stereocenters. The first-order chi connectivity index (χ1) is 15.4. The number of nitriles is 2. The largest absolute Gasteiger partial charge is 0.465 e. The number of nitrogens with two attached hydrogens (primary N) is 1. The molecule has 2 fully saturated rings. The number of hydrogen-bond acceptors (Lipinski definition) is 9.